The first-order valence-electron chi connectivity index (χ1n) is 11.0. The van der Waals surface area contributed by atoms with E-state index in [4.69, 9.17) is 4.74 Å². The summed E-state index contributed by atoms with van der Waals surface area (Å²) in [4.78, 5) is 26.2. The van der Waals surface area contributed by atoms with Gasteiger partial charge in [-0.25, -0.2) is 0 Å². The summed E-state index contributed by atoms with van der Waals surface area (Å²) in [6.45, 7) is 2.31. The van der Waals surface area contributed by atoms with Crippen molar-refractivity contribution in [3.8, 4) is 5.75 Å². The van der Waals surface area contributed by atoms with E-state index in [0.717, 1.165) is 19.5 Å². The molecule has 168 valence electrons. The van der Waals surface area contributed by atoms with Crippen LogP contribution < -0.4 is 15.4 Å². The summed E-state index contributed by atoms with van der Waals surface area (Å²) in [5, 5.41) is 26.5. The van der Waals surface area contributed by atoms with E-state index < -0.39 is 17.9 Å². The SMILES string of the molecule is O=C1CC2(C1)Oc1ccc(C(=O)NCC(O)CN3CCc4ccccc4C3)cc1NC2O. The van der Waals surface area contributed by atoms with Crippen molar-refractivity contribution in [2.75, 3.05) is 25.0 Å². The number of Topliss-reactive ketones (excluding diaryl/α,β-unsaturated/α-hetero) is 1. The maximum Gasteiger partial charge on any atom is 0.251 e. The molecule has 32 heavy (non-hydrogen) atoms. The van der Waals surface area contributed by atoms with Crippen LogP contribution in [0, 0.1) is 0 Å². The van der Waals surface area contributed by atoms with Crippen molar-refractivity contribution < 1.29 is 24.5 Å². The smallest absolute Gasteiger partial charge is 0.251 e. The average Bonchev–Trinajstić information content (AvgIpc) is 2.76. The molecule has 0 bridgehead atoms. The molecule has 1 spiro atoms. The lowest BCUT2D eigenvalue weighted by molar-refractivity contribution is -0.152. The first-order valence-corrected chi connectivity index (χ1v) is 11.0. The van der Waals surface area contributed by atoms with Crippen molar-refractivity contribution >= 4 is 17.4 Å². The molecule has 2 aliphatic heterocycles. The van der Waals surface area contributed by atoms with E-state index in [1.165, 1.54) is 11.1 Å². The van der Waals surface area contributed by atoms with Gasteiger partial charge in [0, 0.05) is 31.7 Å². The number of benzene rings is 2. The molecule has 5 rings (SSSR count). The van der Waals surface area contributed by atoms with Crippen molar-refractivity contribution in [2.24, 2.45) is 0 Å². The van der Waals surface area contributed by atoms with Gasteiger partial charge in [0.15, 0.2) is 11.8 Å². The van der Waals surface area contributed by atoms with Gasteiger partial charge in [-0.1, -0.05) is 24.3 Å². The topological polar surface area (TPSA) is 111 Å². The third kappa shape index (κ3) is 3.97. The van der Waals surface area contributed by atoms with Gasteiger partial charge in [-0.05, 0) is 35.7 Å². The van der Waals surface area contributed by atoms with Gasteiger partial charge in [0.2, 0.25) is 0 Å². The number of β-amino-alcohol motifs (C(OH)–C–C–N with tert-alkyl or cyclic N) is 1. The Bertz CT molecular complexity index is 1050. The molecule has 0 aromatic heterocycles. The molecule has 1 saturated carbocycles. The largest absolute Gasteiger partial charge is 0.479 e. The van der Waals surface area contributed by atoms with Crippen LogP contribution in [0.15, 0.2) is 42.5 Å². The number of amides is 1. The van der Waals surface area contributed by atoms with E-state index in [-0.39, 0.29) is 31.1 Å². The number of carbonyl (C=O) groups excluding carboxylic acids is 2. The van der Waals surface area contributed by atoms with E-state index in [1.54, 1.807) is 18.2 Å². The molecule has 2 unspecified atom stereocenters. The van der Waals surface area contributed by atoms with Crippen molar-refractivity contribution in [1.82, 2.24) is 10.2 Å². The summed E-state index contributed by atoms with van der Waals surface area (Å²) < 4.78 is 5.87. The van der Waals surface area contributed by atoms with Gasteiger partial charge < -0.3 is 25.6 Å². The second kappa shape index (κ2) is 8.20. The molecule has 4 N–H and O–H groups in total. The van der Waals surface area contributed by atoms with Crippen LogP contribution in [0.1, 0.15) is 34.3 Å². The van der Waals surface area contributed by atoms with E-state index in [0.29, 0.717) is 23.5 Å². The fraction of sp³-hybridized carbons (Fsp3) is 0.417. The zero-order valence-electron chi connectivity index (χ0n) is 17.7. The summed E-state index contributed by atoms with van der Waals surface area (Å²) in [5.41, 5.74) is 2.63. The van der Waals surface area contributed by atoms with E-state index in [9.17, 15) is 19.8 Å². The fourth-order valence-corrected chi connectivity index (χ4v) is 4.69. The normalized spacial score (nSPS) is 22.1. The Morgan fingerprint density at radius 3 is 2.81 bits per heavy atom. The number of ether oxygens (including phenoxy) is 1. The van der Waals surface area contributed by atoms with Crippen molar-refractivity contribution in [2.45, 2.75) is 43.7 Å². The third-order valence-corrected chi connectivity index (χ3v) is 6.52. The Kier molecular flexibility index (Phi) is 5.36. The number of aliphatic hydroxyl groups is 2. The van der Waals surface area contributed by atoms with Crippen molar-refractivity contribution in [1.29, 1.82) is 0 Å². The van der Waals surface area contributed by atoms with E-state index in [1.807, 2.05) is 12.1 Å². The fourth-order valence-electron chi connectivity index (χ4n) is 4.69. The molecule has 0 radical (unpaired) electrons. The minimum atomic E-state index is -1.01. The third-order valence-electron chi connectivity index (χ3n) is 6.52. The number of rotatable bonds is 5. The van der Waals surface area contributed by atoms with Crippen LogP contribution >= 0.6 is 0 Å². The highest BCUT2D eigenvalue weighted by atomic mass is 16.5. The number of hydrogen-bond acceptors (Lipinski definition) is 7. The first-order chi connectivity index (χ1) is 15.4. The van der Waals surface area contributed by atoms with Crippen LogP contribution in [-0.2, 0) is 17.8 Å². The molecule has 8 heteroatoms. The molecule has 1 aliphatic carbocycles. The molecule has 2 aromatic rings. The van der Waals surface area contributed by atoms with Crippen LogP contribution in [0.3, 0.4) is 0 Å². The van der Waals surface area contributed by atoms with Crippen LogP contribution in [0.4, 0.5) is 5.69 Å². The van der Waals surface area contributed by atoms with Gasteiger partial charge in [0.1, 0.15) is 11.5 Å². The van der Waals surface area contributed by atoms with E-state index in [2.05, 4.69) is 27.7 Å². The Morgan fingerprint density at radius 1 is 1.25 bits per heavy atom. The number of anilines is 1. The molecule has 2 aromatic carbocycles. The van der Waals surface area contributed by atoms with Crippen LogP contribution in [0.2, 0.25) is 0 Å². The quantitative estimate of drug-likeness (QED) is 0.554. The second-order valence-electron chi connectivity index (χ2n) is 8.93. The molecular formula is C24H27N3O5. The second-order valence-corrected chi connectivity index (χ2v) is 8.93. The summed E-state index contributed by atoms with van der Waals surface area (Å²) in [7, 11) is 0. The molecule has 1 fully saturated rings. The predicted molar refractivity (Wildman–Crippen MR) is 117 cm³/mol. The first kappa shape index (κ1) is 20.9. The molecule has 2 atom stereocenters. The predicted octanol–water partition coefficient (Wildman–Crippen LogP) is 1.06. The Labute approximate surface area is 186 Å². The summed E-state index contributed by atoms with van der Waals surface area (Å²) in [6, 6.07) is 13.2. The average molecular weight is 437 g/mol. The van der Waals surface area contributed by atoms with Crippen molar-refractivity contribution in [3.63, 3.8) is 0 Å². The lowest BCUT2D eigenvalue weighted by Gasteiger charge is -2.47. The maximum absolute atomic E-state index is 12.6. The zero-order valence-corrected chi connectivity index (χ0v) is 17.7. The lowest BCUT2D eigenvalue weighted by atomic mass is 9.76. The number of nitrogens with one attached hydrogen (secondary N) is 2. The molecule has 1 amide bonds. The maximum atomic E-state index is 12.6. The van der Waals surface area contributed by atoms with Gasteiger partial charge in [-0.2, -0.15) is 0 Å². The number of hydrogen-bond donors (Lipinski definition) is 4. The summed E-state index contributed by atoms with van der Waals surface area (Å²) >= 11 is 0. The van der Waals surface area contributed by atoms with Gasteiger partial charge >= 0.3 is 0 Å². The standard InChI is InChI=1S/C24H27N3O5/c28-18-10-24(11-18)23(31)26-20-9-16(5-6-21(20)32-24)22(30)25-12-19(29)14-27-8-7-15-3-1-2-4-17(15)13-27/h1-6,9,19,23,26,29,31H,7-8,10-14H2,(H,25,30). The highest BCUT2D eigenvalue weighted by Gasteiger charge is 2.54. The van der Waals surface area contributed by atoms with Gasteiger partial charge in [-0.15, -0.1) is 0 Å². The Hall–Kier alpha value is -2.94. The van der Waals surface area contributed by atoms with Gasteiger partial charge in [-0.3, -0.25) is 14.5 Å². The van der Waals surface area contributed by atoms with Gasteiger partial charge in [0.25, 0.3) is 5.91 Å². The molecule has 8 nitrogen and oxygen atoms in total. The number of aliphatic hydroxyl groups excluding tert-OH is 2. The number of carbonyl (C=O) groups is 2. The zero-order chi connectivity index (χ0) is 22.3. The van der Waals surface area contributed by atoms with E-state index >= 15 is 0 Å². The highest BCUT2D eigenvalue weighted by molar-refractivity contribution is 5.96. The number of ketones is 1. The minimum absolute atomic E-state index is 0.0533. The monoisotopic (exact) mass is 437 g/mol. The van der Waals surface area contributed by atoms with Crippen LogP contribution in [0.5, 0.6) is 5.75 Å². The Balaban J connectivity index is 1.15. The van der Waals surface area contributed by atoms with Crippen LogP contribution in [0.25, 0.3) is 0 Å². The lowest BCUT2D eigenvalue weighted by Crippen LogP contribution is -2.62. The number of fused-ring (bicyclic) bond motifs is 2. The molecule has 3 aliphatic rings. The molecular weight excluding hydrogens is 410 g/mol. The molecule has 0 saturated heterocycles. The molecule has 2 heterocycles. The summed E-state index contributed by atoms with van der Waals surface area (Å²) in [5.74, 6) is 0.244. The van der Waals surface area contributed by atoms with Crippen molar-refractivity contribution in [3.05, 3.63) is 59.2 Å². The summed E-state index contributed by atoms with van der Waals surface area (Å²) in [6.07, 6.45) is -0.392. The van der Waals surface area contributed by atoms with Gasteiger partial charge in [0.05, 0.1) is 24.6 Å². The van der Waals surface area contributed by atoms with Crippen LogP contribution in [-0.4, -0.2) is 64.4 Å². The number of nitrogens with zero attached hydrogens (tertiary/aromatic N) is 1. The Morgan fingerprint density at radius 2 is 2.03 bits per heavy atom. The highest BCUT2D eigenvalue weighted by Crippen LogP contribution is 2.44. The minimum Gasteiger partial charge on any atom is -0.479 e.